The number of alkyl halides is 3. The van der Waals surface area contributed by atoms with Crippen LogP contribution in [0.1, 0.15) is 22.8 Å². The van der Waals surface area contributed by atoms with Crippen LogP contribution in [0.15, 0.2) is 41.5 Å². The number of hydrogen-bond acceptors (Lipinski definition) is 5. The summed E-state index contributed by atoms with van der Waals surface area (Å²) >= 11 is 0. The molecule has 1 fully saturated rings. The number of halogens is 4. The molecule has 1 saturated heterocycles. The number of amides is 1. The number of carbonyl (C=O) groups is 1. The molecule has 1 aliphatic heterocycles. The van der Waals surface area contributed by atoms with Crippen molar-refractivity contribution >= 4 is 24.1 Å². The van der Waals surface area contributed by atoms with Crippen LogP contribution in [0.5, 0.6) is 0 Å². The SMILES string of the molecule is C[C@H](N)Cn1cc(C(=O)N2CCN(c3ccc(C(F)(F)F)cn3)CC2)ccc1=O.Cl. The Morgan fingerprint density at radius 2 is 1.83 bits per heavy atom. The van der Waals surface area contributed by atoms with Crippen LogP contribution >= 0.6 is 12.4 Å². The third-order valence-electron chi connectivity index (χ3n) is 4.68. The van der Waals surface area contributed by atoms with E-state index in [9.17, 15) is 22.8 Å². The van der Waals surface area contributed by atoms with E-state index in [4.69, 9.17) is 5.73 Å². The average molecular weight is 446 g/mol. The van der Waals surface area contributed by atoms with Gasteiger partial charge in [0.15, 0.2) is 0 Å². The molecule has 2 aromatic rings. The molecule has 0 spiro atoms. The molecule has 2 aromatic heterocycles. The maximum absolute atomic E-state index is 12.8. The van der Waals surface area contributed by atoms with E-state index in [0.29, 0.717) is 44.1 Å². The summed E-state index contributed by atoms with van der Waals surface area (Å²) < 4.78 is 39.4. The zero-order valence-electron chi connectivity index (χ0n) is 16.3. The van der Waals surface area contributed by atoms with Gasteiger partial charge < -0.3 is 20.1 Å². The lowest BCUT2D eigenvalue weighted by Crippen LogP contribution is -2.49. The predicted octanol–water partition coefficient (Wildman–Crippen LogP) is 1.99. The second-order valence-corrected chi connectivity index (χ2v) is 7.07. The van der Waals surface area contributed by atoms with Crippen LogP contribution in [0.2, 0.25) is 0 Å². The first kappa shape index (κ1) is 23.7. The van der Waals surface area contributed by atoms with Crippen LogP contribution in [-0.4, -0.2) is 52.6 Å². The van der Waals surface area contributed by atoms with E-state index in [0.717, 1.165) is 12.3 Å². The number of anilines is 1. The Kier molecular flexibility index (Phi) is 7.49. The van der Waals surface area contributed by atoms with Crippen LogP contribution in [0.4, 0.5) is 19.0 Å². The first-order valence-corrected chi connectivity index (χ1v) is 9.18. The normalized spacial score (nSPS) is 15.5. The summed E-state index contributed by atoms with van der Waals surface area (Å²) in [5.74, 6) is 0.235. The number of piperazine rings is 1. The number of pyridine rings is 2. The van der Waals surface area contributed by atoms with Crippen molar-refractivity contribution in [1.29, 1.82) is 0 Å². The maximum atomic E-state index is 12.8. The number of hydrogen-bond donors (Lipinski definition) is 1. The minimum Gasteiger partial charge on any atom is -0.353 e. The van der Waals surface area contributed by atoms with E-state index < -0.39 is 11.7 Å². The highest BCUT2D eigenvalue weighted by molar-refractivity contribution is 5.94. The molecule has 11 heteroatoms. The van der Waals surface area contributed by atoms with Gasteiger partial charge in [-0.05, 0) is 25.1 Å². The van der Waals surface area contributed by atoms with Gasteiger partial charge in [0.1, 0.15) is 5.82 Å². The highest BCUT2D eigenvalue weighted by atomic mass is 35.5. The fourth-order valence-electron chi connectivity index (χ4n) is 3.17. The van der Waals surface area contributed by atoms with Crippen LogP contribution in [0, 0.1) is 0 Å². The van der Waals surface area contributed by atoms with Gasteiger partial charge in [-0.1, -0.05) is 0 Å². The van der Waals surface area contributed by atoms with Gasteiger partial charge in [0.25, 0.3) is 11.5 Å². The molecule has 164 valence electrons. The number of carbonyl (C=O) groups excluding carboxylic acids is 1. The Morgan fingerprint density at radius 3 is 2.37 bits per heavy atom. The van der Waals surface area contributed by atoms with Crippen molar-refractivity contribution in [2.24, 2.45) is 5.73 Å². The minimum atomic E-state index is -4.42. The van der Waals surface area contributed by atoms with Crippen LogP contribution < -0.4 is 16.2 Å². The van der Waals surface area contributed by atoms with Crippen molar-refractivity contribution in [3.63, 3.8) is 0 Å². The van der Waals surface area contributed by atoms with Crippen LogP contribution in [-0.2, 0) is 12.7 Å². The number of nitrogens with zero attached hydrogens (tertiary/aromatic N) is 4. The van der Waals surface area contributed by atoms with Crippen molar-refractivity contribution in [3.8, 4) is 0 Å². The Bertz CT molecular complexity index is 923. The molecule has 7 nitrogen and oxygen atoms in total. The Labute approximate surface area is 177 Å². The van der Waals surface area contributed by atoms with Gasteiger partial charge in [0.05, 0.1) is 11.1 Å². The summed E-state index contributed by atoms with van der Waals surface area (Å²) in [6, 6.07) is 4.95. The molecule has 1 aliphatic rings. The van der Waals surface area contributed by atoms with Crippen LogP contribution in [0.25, 0.3) is 0 Å². The molecule has 3 heterocycles. The fourth-order valence-corrected chi connectivity index (χ4v) is 3.17. The first-order valence-electron chi connectivity index (χ1n) is 9.18. The molecule has 0 aliphatic carbocycles. The summed E-state index contributed by atoms with van der Waals surface area (Å²) in [6.45, 7) is 3.78. The van der Waals surface area contributed by atoms with E-state index in [1.807, 2.05) is 4.90 Å². The standard InChI is InChI=1S/C19H22F3N5O2.ClH/c1-13(23)11-27-12-14(2-5-17(27)28)18(29)26-8-6-25(7-9-26)16-4-3-15(10-24-16)19(20,21)22;/h2-5,10,12-13H,6-9,11,23H2,1H3;1H/t13-;/m0./s1. The van der Waals surface area contributed by atoms with Gasteiger partial charge in [0.2, 0.25) is 0 Å². The van der Waals surface area contributed by atoms with Gasteiger partial charge >= 0.3 is 6.18 Å². The molecule has 2 N–H and O–H groups in total. The zero-order chi connectivity index (χ0) is 21.2. The molecular formula is C19H23ClF3N5O2. The summed E-state index contributed by atoms with van der Waals surface area (Å²) in [6.07, 6.45) is -2.10. The van der Waals surface area contributed by atoms with E-state index in [1.54, 1.807) is 11.8 Å². The summed E-state index contributed by atoms with van der Waals surface area (Å²) in [5.41, 5.74) is 5.11. The molecule has 1 amide bonds. The Hall–Kier alpha value is -2.59. The maximum Gasteiger partial charge on any atom is 0.417 e. The number of aromatic nitrogens is 2. The third kappa shape index (κ3) is 5.51. The summed E-state index contributed by atoms with van der Waals surface area (Å²) in [5, 5.41) is 0. The highest BCUT2D eigenvalue weighted by Gasteiger charge is 2.31. The monoisotopic (exact) mass is 445 g/mol. The smallest absolute Gasteiger partial charge is 0.353 e. The summed E-state index contributed by atoms with van der Waals surface area (Å²) in [4.78, 5) is 32.0. The minimum absolute atomic E-state index is 0. The molecule has 0 bridgehead atoms. The molecule has 0 saturated carbocycles. The molecule has 30 heavy (non-hydrogen) atoms. The molecule has 0 radical (unpaired) electrons. The molecule has 3 rings (SSSR count). The van der Waals surface area contributed by atoms with E-state index >= 15 is 0 Å². The predicted molar refractivity (Wildman–Crippen MR) is 109 cm³/mol. The largest absolute Gasteiger partial charge is 0.417 e. The first-order chi connectivity index (χ1) is 13.6. The van der Waals surface area contributed by atoms with Crippen molar-refractivity contribution in [1.82, 2.24) is 14.5 Å². The molecule has 1 atom stereocenters. The lowest BCUT2D eigenvalue weighted by Gasteiger charge is -2.35. The molecule has 0 unspecified atom stereocenters. The second kappa shape index (κ2) is 9.48. The molecular weight excluding hydrogens is 423 g/mol. The number of rotatable bonds is 4. The van der Waals surface area contributed by atoms with E-state index in [1.165, 1.54) is 29.0 Å². The van der Waals surface area contributed by atoms with Gasteiger partial charge in [0, 0.05) is 57.2 Å². The average Bonchev–Trinajstić information content (AvgIpc) is 2.68. The van der Waals surface area contributed by atoms with E-state index in [2.05, 4.69) is 4.98 Å². The molecule has 0 aromatic carbocycles. The summed E-state index contributed by atoms with van der Waals surface area (Å²) in [7, 11) is 0. The Morgan fingerprint density at radius 1 is 1.17 bits per heavy atom. The second-order valence-electron chi connectivity index (χ2n) is 7.07. The third-order valence-corrected chi connectivity index (χ3v) is 4.68. The van der Waals surface area contributed by atoms with Crippen molar-refractivity contribution in [2.75, 3.05) is 31.1 Å². The lowest BCUT2D eigenvalue weighted by atomic mass is 10.2. The Balaban J connectivity index is 0.00000320. The highest BCUT2D eigenvalue weighted by Crippen LogP contribution is 2.29. The van der Waals surface area contributed by atoms with Gasteiger partial charge in [-0.2, -0.15) is 13.2 Å². The van der Waals surface area contributed by atoms with Gasteiger partial charge in [-0.25, -0.2) is 4.98 Å². The van der Waals surface area contributed by atoms with E-state index in [-0.39, 0.29) is 29.9 Å². The number of nitrogens with two attached hydrogens (primary N) is 1. The topological polar surface area (TPSA) is 84.5 Å². The quantitative estimate of drug-likeness (QED) is 0.778. The van der Waals surface area contributed by atoms with Crippen molar-refractivity contribution < 1.29 is 18.0 Å². The fraction of sp³-hybridized carbons (Fsp3) is 0.421. The van der Waals surface area contributed by atoms with Gasteiger partial charge in [-0.3, -0.25) is 9.59 Å². The van der Waals surface area contributed by atoms with Gasteiger partial charge in [-0.15, -0.1) is 12.4 Å². The zero-order valence-corrected chi connectivity index (χ0v) is 17.1. The van der Waals surface area contributed by atoms with Crippen molar-refractivity contribution in [2.45, 2.75) is 25.7 Å². The van der Waals surface area contributed by atoms with Crippen molar-refractivity contribution in [3.05, 3.63) is 58.1 Å². The van der Waals surface area contributed by atoms with Crippen LogP contribution in [0.3, 0.4) is 0 Å². The lowest BCUT2D eigenvalue weighted by molar-refractivity contribution is -0.137.